The molecule has 0 bridgehead atoms. The van der Waals surface area contributed by atoms with E-state index in [1.807, 2.05) is 47.4 Å². The molecule has 158 valence electrons. The van der Waals surface area contributed by atoms with Gasteiger partial charge in [-0.3, -0.25) is 9.59 Å². The molecular weight excluding hydrogens is 382 g/mol. The highest BCUT2D eigenvalue weighted by atomic mass is 16.4. The number of rotatable bonds is 6. The van der Waals surface area contributed by atoms with Crippen molar-refractivity contribution in [2.24, 2.45) is 0 Å². The Morgan fingerprint density at radius 1 is 0.867 bits per heavy atom. The number of amides is 3. The summed E-state index contributed by atoms with van der Waals surface area (Å²) >= 11 is 0. The Kier molecular flexibility index (Phi) is 7.06. The van der Waals surface area contributed by atoms with Crippen LogP contribution in [0.25, 0.3) is 0 Å². The predicted octanol–water partition coefficient (Wildman–Crippen LogP) is 2.71. The summed E-state index contributed by atoms with van der Waals surface area (Å²) in [5, 5.41) is 9.02. The van der Waals surface area contributed by atoms with E-state index >= 15 is 0 Å². The van der Waals surface area contributed by atoms with Crippen LogP contribution in [0.4, 0.5) is 4.79 Å². The quantitative estimate of drug-likeness (QED) is 0.795. The van der Waals surface area contributed by atoms with Gasteiger partial charge in [0.2, 0.25) is 5.91 Å². The van der Waals surface area contributed by atoms with Crippen LogP contribution in [0.3, 0.4) is 0 Å². The summed E-state index contributed by atoms with van der Waals surface area (Å²) in [5.41, 5.74) is 2.74. The number of benzene rings is 2. The van der Waals surface area contributed by atoms with E-state index < -0.39 is 6.09 Å². The van der Waals surface area contributed by atoms with Gasteiger partial charge in [-0.25, -0.2) is 4.79 Å². The van der Waals surface area contributed by atoms with Crippen LogP contribution < -0.4 is 0 Å². The van der Waals surface area contributed by atoms with Gasteiger partial charge in [-0.2, -0.15) is 0 Å². The van der Waals surface area contributed by atoms with Crippen molar-refractivity contribution < 1.29 is 19.5 Å². The Morgan fingerprint density at radius 3 is 2.03 bits per heavy atom. The van der Waals surface area contributed by atoms with Gasteiger partial charge >= 0.3 is 6.09 Å². The molecule has 2 aromatic carbocycles. The largest absolute Gasteiger partial charge is 0.465 e. The smallest absolute Gasteiger partial charge is 0.407 e. The molecule has 0 aliphatic carbocycles. The zero-order valence-corrected chi connectivity index (χ0v) is 17.2. The Bertz CT molecular complexity index is 875. The molecule has 7 nitrogen and oxygen atoms in total. The molecule has 1 N–H and O–H groups in total. The second kappa shape index (κ2) is 9.91. The lowest BCUT2D eigenvalue weighted by Gasteiger charge is -2.33. The molecule has 0 radical (unpaired) electrons. The normalized spacial score (nSPS) is 13.8. The molecule has 1 fully saturated rings. The average Bonchev–Trinajstić information content (AvgIpc) is 2.77. The third-order valence-corrected chi connectivity index (χ3v) is 5.37. The zero-order chi connectivity index (χ0) is 21.5. The third kappa shape index (κ3) is 5.59. The summed E-state index contributed by atoms with van der Waals surface area (Å²) in [6.45, 7) is 4.24. The minimum Gasteiger partial charge on any atom is -0.465 e. The van der Waals surface area contributed by atoms with Gasteiger partial charge in [-0.1, -0.05) is 42.5 Å². The van der Waals surface area contributed by atoms with Crippen LogP contribution >= 0.6 is 0 Å². The van der Waals surface area contributed by atoms with Gasteiger partial charge in [0.25, 0.3) is 5.91 Å². The first-order valence-electron chi connectivity index (χ1n) is 10.1. The fourth-order valence-electron chi connectivity index (χ4n) is 3.51. The highest BCUT2D eigenvalue weighted by molar-refractivity contribution is 5.94. The molecule has 2 aromatic rings. The van der Waals surface area contributed by atoms with Gasteiger partial charge in [0.15, 0.2) is 0 Å². The number of hydrogen-bond acceptors (Lipinski definition) is 3. The van der Waals surface area contributed by atoms with E-state index in [1.165, 1.54) is 4.90 Å². The second-order valence-corrected chi connectivity index (χ2v) is 7.43. The fraction of sp³-hybridized carbons (Fsp3) is 0.348. The Morgan fingerprint density at radius 2 is 1.47 bits per heavy atom. The van der Waals surface area contributed by atoms with E-state index in [-0.39, 0.29) is 11.8 Å². The predicted molar refractivity (Wildman–Crippen MR) is 113 cm³/mol. The number of carbonyl (C=O) groups is 3. The van der Waals surface area contributed by atoms with Crippen LogP contribution in [-0.2, 0) is 17.8 Å². The maximum absolute atomic E-state index is 12.7. The fourth-order valence-corrected chi connectivity index (χ4v) is 3.51. The lowest BCUT2D eigenvalue weighted by atomic mass is 10.1. The van der Waals surface area contributed by atoms with Crippen molar-refractivity contribution in [3.8, 4) is 0 Å². The number of carboxylic acid groups (broad SMARTS) is 1. The number of carbonyl (C=O) groups excluding carboxylic acids is 2. The Hall–Kier alpha value is -3.35. The SMILES string of the molecule is CC(=O)N(CCc1ccc(C(=O)N2CCN(C(=O)O)CC2)cc1)Cc1ccccc1. The molecule has 0 atom stereocenters. The lowest BCUT2D eigenvalue weighted by Crippen LogP contribution is -2.50. The van der Waals surface area contributed by atoms with E-state index in [4.69, 9.17) is 5.11 Å². The summed E-state index contributed by atoms with van der Waals surface area (Å²) in [6.07, 6.45) is -0.239. The zero-order valence-electron chi connectivity index (χ0n) is 17.2. The molecule has 0 unspecified atom stereocenters. The highest BCUT2D eigenvalue weighted by Gasteiger charge is 2.24. The monoisotopic (exact) mass is 409 g/mol. The van der Waals surface area contributed by atoms with Crippen LogP contribution in [0, 0.1) is 0 Å². The van der Waals surface area contributed by atoms with Crippen molar-refractivity contribution in [2.45, 2.75) is 19.9 Å². The standard InChI is InChI=1S/C23H27N3O4/c1-18(27)26(17-20-5-3-2-4-6-20)12-11-19-7-9-21(10-8-19)22(28)24-13-15-25(16-14-24)23(29)30/h2-10H,11-17H2,1H3,(H,29,30). The molecule has 3 rings (SSSR count). The topological polar surface area (TPSA) is 81.2 Å². The molecule has 1 aliphatic heterocycles. The lowest BCUT2D eigenvalue weighted by molar-refractivity contribution is -0.129. The number of hydrogen-bond donors (Lipinski definition) is 1. The Balaban J connectivity index is 1.54. The molecule has 30 heavy (non-hydrogen) atoms. The Labute approximate surface area is 176 Å². The first-order valence-corrected chi connectivity index (χ1v) is 10.1. The van der Waals surface area contributed by atoms with Crippen molar-refractivity contribution in [1.29, 1.82) is 0 Å². The van der Waals surface area contributed by atoms with E-state index in [1.54, 1.807) is 24.0 Å². The minimum absolute atomic E-state index is 0.0335. The van der Waals surface area contributed by atoms with Crippen molar-refractivity contribution in [3.63, 3.8) is 0 Å². The molecule has 3 amide bonds. The summed E-state index contributed by atoms with van der Waals surface area (Å²) < 4.78 is 0. The van der Waals surface area contributed by atoms with Gasteiger partial charge in [-0.15, -0.1) is 0 Å². The molecule has 1 saturated heterocycles. The van der Waals surface area contributed by atoms with E-state index in [0.29, 0.717) is 51.3 Å². The first kappa shape index (κ1) is 21.4. The van der Waals surface area contributed by atoms with Crippen LogP contribution in [-0.4, -0.2) is 70.4 Å². The van der Waals surface area contributed by atoms with Gasteiger partial charge in [0.1, 0.15) is 0 Å². The number of nitrogens with zero attached hydrogens (tertiary/aromatic N) is 3. The minimum atomic E-state index is -0.946. The molecule has 7 heteroatoms. The molecule has 0 aromatic heterocycles. The number of piperazine rings is 1. The van der Waals surface area contributed by atoms with Crippen molar-refractivity contribution >= 4 is 17.9 Å². The second-order valence-electron chi connectivity index (χ2n) is 7.43. The summed E-state index contributed by atoms with van der Waals surface area (Å²) in [5.74, 6) is -0.0489. The summed E-state index contributed by atoms with van der Waals surface area (Å²) in [7, 11) is 0. The third-order valence-electron chi connectivity index (χ3n) is 5.37. The van der Waals surface area contributed by atoms with Gasteiger partial charge in [-0.05, 0) is 29.7 Å². The van der Waals surface area contributed by atoms with Crippen molar-refractivity contribution in [1.82, 2.24) is 14.7 Å². The molecule has 1 heterocycles. The molecule has 1 aliphatic rings. The summed E-state index contributed by atoms with van der Waals surface area (Å²) in [4.78, 5) is 40.5. The van der Waals surface area contributed by atoms with Gasteiger partial charge in [0, 0.05) is 51.8 Å². The van der Waals surface area contributed by atoms with Gasteiger partial charge in [0.05, 0.1) is 0 Å². The van der Waals surface area contributed by atoms with Crippen LogP contribution in [0.2, 0.25) is 0 Å². The first-order chi connectivity index (χ1) is 14.4. The van der Waals surface area contributed by atoms with E-state index in [9.17, 15) is 14.4 Å². The van der Waals surface area contributed by atoms with Crippen LogP contribution in [0.5, 0.6) is 0 Å². The van der Waals surface area contributed by atoms with Crippen molar-refractivity contribution in [3.05, 3.63) is 71.3 Å². The van der Waals surface area contributed by atoms with Gasteiger partial charge < -0.3 is 19.8 Å². The average molecular weight is 409 g/mol. The molecular formula is C23H27N3O4. The van der Waals surface area contributed by atoms with Crippen LogP contribution in [0.1, 0.15) is 28.4 Å². The van der Waals surface area contributed by atoms with E-state index in [2.05, 4.69) is 0 Å². The van der Waals surface area contributed by atoms with Crippen molar-refractivity contribution in [2.75, 3.05) is 32.7 Å². The molecule has 0 saturated carbocycles. The maximum Gasteiger partial charge on any atom is 0.407 e. The summed E-state index contributed by atoms with van der Waals surface area (Å²) in [6, 6.07) is 17.3. The maximum atomic E-state index is 12.7. The highest BCUT2D eigenvalue weighted by Crippen LogP contribution is 2.12. The van der Waals surface area contributed by atoms with E-state index in [0.717, 1.165) is 11.1 Å². The van der Waals surface area contributed by atoms with Crippen LogP contribution in [0.15, 0.2) is 54.6 Å². The molecule has 0 spiro atoms.